The Morgan fingerprint density at radius 1 is 1.22 bits per heavy atom. The standard InChI is InChI=1S/C19H20ClN3O4/c1-27-16-5-2-14(3-6-16)13-21-8-10-22(11-9-21)19(24)17-12-15(23(25)26)4-7-18(17)20/h2-7,12H,8-11,13H2,1H3/p+1. The molecule has 0 saturated carbocycles. The lowest BCUT2D eigenvalue weighted by atomic mass is 10.1. The van der Waals surface area contributed by atoms with E-state index in [1.807, 2.05) is 24.3 Å². The summed E-state index contributed by atoms with van der Waals surface area (Å²) in [5, 5.41) is 11.2. The van der Waals surface area contributed by atoms with Crippen LogP contribution >= 0.6 is 11.6 Å². The molecule has 1 aliphatic heterocycles. The Morgan fingerprint density at radius 2 is 1.89 bits per heavy atom. The molecule has 3 rings (SSSR count). The lowest BCUT2D eigenvalue weighted by molar-refractivity contribution is -0.917. The number of piperazine rings is 1. The number of ether oxygens (including phenoxy) is 1. The van der Waals surface area contributed by atoms with Crippen LogP contribution in [-0.2, 0) is 6.54 Å². The van der Waals surface area contributed by atoms with Crippen LogP contribution in [0, 0.1) is 10.1 Å². The number of nitro groups is 1. The average molecular weight is 391 g/mol. The third kappa shape index (κ3) is 4.56. The van der Waals surface area contributed by atoms with Crippen LogP contribution in [0.5, 0.6) is 5.75 Å². The van der Waals surface area contributed by atoms with Gasteiger partial charge in [0.1, 0.15) is 12.3 Å². The first-order valence-electron chi connectivity index (χ1n) is 8.67. The van der Waals surface area contributed by atoms with Gasteiger partial charge in [0, 0.05) is 17.7 Å². The summed E-state index contributed by atoms with van der Waals surface area (Å²) in [6.07, 6.45) is 0. The molecule has 0 bridgehead atoms. The van der Waals surface area contributed by atoms with E-state index in [9.17, 15) is 14.9 Å². The van der Waals surface area contributed by atoms with Crippen LogP contribution in [0.25, 0.3) is 0 Å². The van der Waals surface area contributed by atoms with Gasteiger partial charge in [0.05, 0.1) is 48.8 Å². The van der Waals surface area contributed by atoms with Gasteiger partial charge in [-0.1, -0.05) is 11.6 Å². The first-order valence-corrected chi connectivity index (χ1v) is 9.05. The minimum Gasteiger partial charge on any atom is -0.497 e. The van der Waals surface area contributed by atoms with Crippen LogP contribution in [0.4, 0.5) is 5.69 Å². The smallest absolute Gasteiger partial charge is 0.270 e. The molecule has 0 aromatic heterocycles. The fraction of sp³-hybridized carbons (Fsp3) is 0.316. The second-order valence-electron chi connectivity index (χ2n) is 6.49. The second kappa shape index (κ2) is 8.37. The number of nitrogens with one attached hydrogen (secondary N) is 1. The van der Waals surface area contributed by atoms with Crippen LogP contribution in [-0.4, -0.2) is 49.0 Å². The number of hydrogen-bond donors (Lipinski definition) is 1. The molecule has 142 valence electrons. The average Bonchev–Trinajstić information content (AvgIpc) is 2.69. The van der Waals surface area contributed by atoms with E-state index in [4.69, 9.17) is 16.3 Å². The summed E-state index contributed by atoms with van der Waals surface area (Å²) < 4.78 is 5.17. The maximum Gasteiger partial charge on any atom is 0.270 e. The van der Waals surface area contributed by atoms with Gasteiger partial charge in [0.15, 0.2) is 0 Å². The summed E-state index contributed by atoms with van der Waals surface area (Å²) in [6.45, 7) is 3.67. The zero-order valence-corrected chi connectivity index (χ0v) is 15.7. The van der Waals surface area contributed by atoms with Crippen molar-refractivity contribution >= 4 is 23.2 Å². The summed E-state index contributed by atoms with van der Waals surface area (Å²) in [6, 6.07) is 11.9. The molecule has 27 heavy (non-hydrogen) atoms. The van der Waals surface area contributed by atoms with Crippen molar-refractivity contribution in [3.63, 3.8) is 0 Å². The molecule has 1 amide bonds. The highest BCUT2D eigenvalue weighted by molar-refractivity contribution is 6.33. The quantitative estimate of drug-likeness (QED) is 0.623. The molecule has 0 unspecified atom stereocenters. The van der Waals surface area contributed by atoms with Gasteiger partial charge in [0.25, 0.3) is 11.6 Å². The Bertz CT molecular complexity index is 833. The summed E-state index contributed by atoms with van der Waals surface area (Å²) in [5.74, 6) is 0.574. The molecule has 7 nitrogen and oxygen atoms in total. The van der Waals surface area contributed by atoms with Crippen molar-refractivity contribution < 1.29 is 19.4 Å². The van der Waals surface area contributed by atoms with Gasteiger partial charge < -0.3 is 14.5 Å². The van der Waals surface area contributed by atoms with E-state index < -0.39 is 4.92 Å². The molecule has 0 atom stereocenters. The van der Waals surface area contributed by atoms with Crippen molar-refractivity contribution in [3.8, 4) is 5.75 Å². The molecule has 1 aliphatic rings. The molecule has 1 heterocycles. The van der Waals surface area contributed by atoms with Crippen LogP contribution < -0.4 is 9.64 Å². The number of rotatable bonds is 5. The van der Waals surface area contributed by atoms with Crippen molar-refractivity contribution in [2.45, 2.75) is 6.54 Å². The maximum atomic E-state index is 12.7. The minimum absolute atomic E-state index is 0.133. The van der Waals surface area contributed by atoms with Crippen molar-refractivity contribution in [2.24, 2.45) is 0 Å². The molecule has 1 saturated heterocycles. The number of benzene rings is 2. The first kappa shape index (κ1) is 19.1. The second-order valence-corrected chi connectivity index (χ2v) is 6.90. The van der Waals surface area contributed by atoms with Crippen LogP contribution in [0.1, 0.15) is 15.9 Å². The highest BCUT2D eigenvalue weighted by Gasteiger charge is 2.27. The van der Waals surface area contributed by atoms with Crippen molar-refractivity contribution in [3.05, 3.63) is 68.7 Å². The molecule has 0 spiro atoms. The summed E-state index contributed by atoms with van der Waals surface area (Å²) in [4.78, 5) is 26.2. The number of carbonyl (C=O) groups excluding carboxylic acids is 1. The van der Waals surface area contributed by atoms with E-state index in [-0.39, 0.29) is 22.2 Å². The van der Waals surface area contributed by atoms with Gasteiger partial charge in [-0.3, -0.25) is 14.9 Å². The van der Waals surface area contributed by atoms with E-state index in [1.54, 1.807) is 12.0 Å². The Hall–Kier alpha value is -2.64. The summed E-state index contributed by atoms with van der Waals surface area (Å²) in [7, 11) is 1.64. The van der Waals surface area contributed by atoms with E-state index in [0.29, 0.717) is 13.1 Å². The van der Waals surface area contributed by atoms with Crippen LogP contribution in [0.3, 0.4) is 0 Å². The zero-order valence-electron chi connectivity index (χ0n) is 15.0. The lowest BCUT2D eigenvalue weighted by Gasteiger charge is -2.32. The van der Waals surface area contributed by atoms with E-state index in [1.165, 1.54) is 28.7 Å². The number of hydrogen-bond acceptors (Lipinski definition) is 4. The third-order valence-electron chi connectivity index (χ3n) is 4.76. The van der Waals surface area contributed by atoms with E-state index in [2.05, 4.69) is 0 Å². The number of nitro benzene ring substituents is 1. The van der Waals surface area contributed by atoms with Gasteiger partial charge >= 0.3 is 0 Å². The zero-order chi connectivity index (χ0) is 19.4. The fourth-order valence-corrected chi connectivity index (χ4v) is 3.39. The minimum atomic E-state index is -0.524. The largest absolute Gasteiger partial charge is 0.497 e. The number of halogens is 1. The van der Waals surface area contributed by atoms with Crippen molar-refractivity contribution in [1.82, 2.24) is 4.90 Å². The van der Waals surface area contributed by atoms with Gasteiger partial charge in [-0.15, -0.1) is 0 Å². The molecular weight excluding hydrogens is 370 g/mol. The Balaban J connectivity index is 1.60. The summed E-state index contributed by atoms with van der Waals surface area (Å²) >= 11 is 6.09. The Morgan fingerprint density at radius 3 is 2.48 bits per heavy atom. The monoisotopic (exact) mass is 390 g/mol. The molecule has 2 aromatic rings. The van der Waals surface area contributed by atoms with E-state index >= 15 is 0 Å². The lowest BCUT2D eigenvalue weighted by Crippen LogP contribution is -3.13. The molecule has 1 N–H and O–H groups in total. The molecule has 2 aromatic carbocycles. The number of carbonyl (C=O) groups is 1. The number of nitrogens with zero attached hydrogens (tertiary/aromatic N) is 2. The Labute approximate surface area is 162 Å². The highest BCUT2D eigenvalue weighted by Crippen LogP contribution is 2.23. The number of non-ortho nitro benzene ring substituents is 1. The fourth-order valence-electron chi connectivity index (χ4n) is 3.20. The van der Waals surface area contributed by atoms with Gasteiger partial charge in [-0.05, 0) is 30.3 Å². The third-order valence-corrected chi connectivity index (χ3v) is 5.09. The predicted octanol–water partition coefficient (Wildman–Crippen LogP) is 1.80. The first-order chi connectivity index (χ1) is 13.0. The Kier molecular flexibility index (Phi) is 5.93. The number of amides is 1. The van der Waals surface area contributed by atoms with Crippen molar-refractivity contribution in [1.29, 1.82) is 0 Å². The normalized spacial score (nSPS) is 14.8. The van der Waals surface area contributed by atoms with Crippen molar-refractivity contribution in [2.75, 3.05) is 33.3 Å². The highest BCUT2D eigenvalue weighted by atomic mass is 35.5. The van der Waals surface area contributed by atoms with Gasteiger partial charge in [-0.2, -0.15) is 0 Å². The molecule has 0 radical (unpaired) electrons. The SMILES string of the molecule is COc1ccc(C[NH+]2CCN(C(=O)c3cc([N+](=O)[O-])ccc3Cl)CC2)cc1. The predicted molar refractivity (Wildman–Crippen MR) is 101 cm³/mol. The topological polar surface area (TPSA) is 77.1 Å². The summed E-state index contributed by atoms with van der Waals surface area (Å²) in [5.41, 5.74) is 1.27. The van der Waals surface area contributed by atoms with Gasteiger partial charge in [-0.25, -0.2) is 0 Å². The maximum absolute atomic E-state index is 12.7. The van der Waals surface area contributed by atoms with E-state index in [0.717, 1.165) is 25.4 Å². The molecule has 8 heteroatoms. The molecule has 0 aliphatic carbocycles. The van der Waals surface area contributed by atoms with Crippen LogP contribution in [0.2, 0.25) is 5.02 Å². The van der Waals surface area contributed by atoms with Gasteiger partial charge in [0.2, 0.25) is 0 Å². The molecular formula is C19H21ClN3O4+. The molecule has 1 fully saturated rings. The number of methoxy groups -OCH3 is 1. The number of quaternary nitrogens is 1. The van der Waals surface area contributed by atoms with Crippen LogP contribution in [0.15, 0.2) is 42.5 Å².